The van der Waals surface area contributed by atoms with Crippen LogP contribution in [0, 0.1) is 0 Å². The van der Waals surface area contributed by atoms with Gasteiger partial charge in [-0.2, -0.15) is 0 Å². The number of aromatic nitrogens is 2. The molecule has 1 aliphatic carbocycles. The van der Waals surface area contributed by atoms with Gasteiger partial charge in [0.05, 0.1) is 0 Å². The van der Waals surface area contributed by atoms with Gasteiger partial charge < -0.3 is 4.42 Å². The highest BCUT2D eigenvalue weighted by molar-refractivity contribution is 7.15. The van der Waals surface area contributed by atoms with E-state index < -0.39 is 0 Å². The van der Waals surface area contributed by atoms with Crippen molar-refractivity contribution in [1.29, 1.82) is 0 Å². The lowest BCUT2D eigenvalue weighted by molar-refractivity contribution is -0.111. The van der Waals surface area contributed by atoms with E-state index in [-0.39, 0.29) is 5.91 Å². The predicted molar refractivity (Wildman–Crippen MR) is 85.8 cm³/mol. The SMILES string of the molecule is O=C(/C=C/c1cc2ccccc2o1)Nc1nnc(C2CC2)s1. The van der Waals surface area contributed by atoms with Crippen LogP contribution in [0.5, 0.6) is 0 Å². The van der Waals surface area contributed by atoms with Crippen molar-refractivity contribution in [1.82, 2.24) is 10.2 Å². The molecule has 0 radical (unpaired) electrons. The zero-order valence-corrected chi connectivity index (χ0v) is 12.5. The first-order chi connectivity index (χ1) is 10.8. The van der Waals surface area contributed by atoms with Crippen LogP contribution in [-0.4, -0.2) is 16.1 Å². The van der Waals surface area contributed by atoms with Gasteiger partial charge in [-0.15, -0.1) is 10.2 Å². The molecule has 0 aliphatic heterocycles. The topological polar surface area (TPSA) is 68.0 Å². The average molecular weight is 311 g/mol. The van der Waals surface area contributed by atoms with Gasteiger partial charge in [0, 0.05) is 17.4 Å². The van der Waals surface area contributed by atoms with Gasteiger partial charge in [0.1, 0.15) is 16.4 Å². The molecule has 0 unspecified atom stereocenters. The molecular weight excluding hydrogens is 298 g/mol. The number of carbonyl (C=O) groups excluding carboxylic acids is 1. The lowest BCUT2D eigenvalue weighted by Crippen LogP contribution is -2.07. The minimum atomic E-state index is -0.237. The summed E-state index contributed by atoms with van der Waals surface area (Å²) in [6.45, 7) is 0. The van der Waals surface area contributed by atoms with Gasteiger partial charge in [-0.05, 0) is 31.1 Å². The van der Waals surface area contributed by atoms with Crippen LogP contribution in [-0.2, 0) is 4.79 Å². The number of benzene rings is 1. The van der Waals surface area contributed by atoms with Crippen LogP contribution < -0.4 is 5.32 Å². The van der Waals surface area contributed by atoms with E-state index in [0.29, 0.717) is 16.8 Å². The predicted octanol–water partition coefficient (Wildman–Crippen LogP) is 3.81. The highest BCUT2D eigenvalue weighted by atomic mass is 32.1. The minimum absolute atomic E-state index is 0.237. The number of amides is 1. The molecule has 2 heterocycles. The van der Waals surface area contributed by atoms with Gasteiger partial charge in [-0.1, -0.05) is 29.5 Å². The lowest BCUT2D eigenvalue weighted by atomic mass is 10.2. The Morgan fingerprint density at radius 2 is 2.18 bits per heavy atom. The normalized spacial score (nSPS) is 14.7. The van der Waals surface area contributed by atoms with Crippen LogP contribution in [0.15, 0.2) is 40.8 Å². The van der Waals surface area contributed by atoms with E-state index in [1.54, 1.807) is 6.08 Å². The van der Waals surface area contributed by atoms with Crippen LogP contribution in [0.2, 0.25) is 0 Å². The maximum Gasteiger partial charge on any atom is 0.250 e. The molecule has 110 valence electrons. The highest BCUT2D eigenvalue weighted by Gasteiger charge is 2.27. The molecule has 5 nitrogen and oxygen atoms in total. The van der Waals surface area contributed by atoms with Crippen LogP contribution >= 0.6 is 11.3 Å². The van der Waals surface area contributed by atoms with Crippen molar-refractivity contribution in [3.63, 3.8) is 0 Å². The van der Waals surface area contributed by atoms with Crippen molar-refractivity contribution in [2.45, 2.75) is 18.8 Å². The Hall–Kier alpha value is -2.47. The first kappa shape index (κ1) is 13.2. The fourth-order valence-corrected chi connectivity index (χ4v) is 3.09. The fraction of sp³-hybridized carbons (Fsp3) is 0.188. The fourth-order valence-electron chi connectivity index (χ4n) is 2.17. The minimum Gasteiger partial charge on any atom is -0.457 e. The third-order valence-corrected chi connectivity index (χ3v) is 4.44. The van der Waals surface area contributed by atoms with Crippen molar-refractivity contribution in [3.8, 4) is 0 Å². The molecule has 2 aromatic heterocycles. The van der Waals surface area contributed by atoms with Gasteiger partial charge >= 0.3 is 0 Å². The molecule has 3 aromatic rings. The van der Waals surface area contributed by atoms with Gasteiger partial charge in [-0.25, -0.2) is 0 Å². The average Bonchev–Trinajstić information content (AvgIpc) is 3.12. The van der Waals surface area contributed by atoms with Gasteiger partial charge in [0.15, 0.2) is 0 Å². The van der Waals surface area contributed by atoms with Crippen LogP contribution in [0.1, 0.15) is 29.5 Å². The van der Waals surface area contributed by atoms with Crippen LogP contribution in [0.4, 0.5) is 5.13 Å². The summed E-state index contributed by atoms with van der Waals surface area (Å²) in [5.41, 5.74) is 0.806. The Balaban J connectivity index is 1.43. The smallest absolute Gasteiger partial charge is 0.250 e. The van der Waals surface area contributed by atoms with Crippen molar-refractivity contribution in [2.24, 2.45) is 0 Å². The monoisotopic (exact) mass is 311 g/mol. The standard InChI is InChI=1S/C16H13N3O2S/c20-14(17-16-19-18-15(22-16)10-5-6-10)8-7-12-9-11-3-1-2-4-13(11)21-12/h1-4,7-10H,5-6H2,(H,17,19,20)/b8-7+. The number of hydrogen-bond donors (Lipinski definition) is 1. The molecule has 1 amide bonds. The number of rotatable bonds is 4. The quantitative estimate of drug-likeness (QED) is 0.744. The molecule has 6 heteroatoms. The Morgan fingerprint density at radius 3 is 3.00 bits per heavy atom. The molecule has 1 N–H and O–H groups in total. The zero-order valence-electron chi connectivity index (χ0n) is 11.7. The molecule has 0 atom stereocenters. The number of hydrogen-bond acceptors (Lipinski definition) is 5. The maximum absolute atomic E-state index is 11.9. The molecule has 1 fully saturated rings. The Morgan fingerprint density at radius 1 is 1.32 bits per heavy atom. The lowest BCUT2D eigenvalue weighted by Gasteiger charge is -1.93. The number of anilines is 1. The van der Waals surface area contributed by atoms with Crippen LogP contribution in [0.3, 0.4) is 0 Å². The number of nitrogens with one attached hydrogen (secondary N) is 1. The molecule has 4 rings (SSSR count). The van der Waals surface area contributed by atoms with Crippen molar-refractivity contribution in [2.75, 3.05) is 5.32 Å². The first-order valence-corrected chi connectivity index (χ1v) is 7.90. The van der Waals surface area contributed by atoms with E-state index >= 15 is 0 Å². The Kier molecular flexibility index (Phi) is 3.23. The highest BCUT2D eigenvalue weighted by Crippen LogP contribution is 2.42. The Bertz CT molecular complexity index is 828. The molecule has 1 aromatic carbocycles. The largest absolute Gasteiger partial charge is 0.457 e. The summed E-state index contributed by atoms with van der Waals surface area (Å²) < 4.78 is 5.62. The molecule has 0 spiro atoms. The number of nitrogens with zero attached hydrogens (tertiary/aromatic N) is 2. The summed E-state index contributed by atoms with van der Waals surface area (Å²) in [4.78, 5) is 11.9. The molecule has 22 heavy (non-hydrogen) atoms. The zero-order chi connectivity index (χ0) is 14.9. The second-order valence-corrected chi connectivity index (χ2v) is 6.24. The van der Waals surface area contributed by atoms with E-state index in [1.165, 1.54) is 30.3 Å². The van der Waals surface area contributed by atoms with Crippen molar-refractivity contribution < 1.29 is 9.21 Å². The van der Waals surface area contributed by atoms with E-state index in [4.69, 9.17) is 4.42 Å². The van der Waals surface area contributed by atoms with Gasteiger partial charge in [-0.3, -0.25) is 10.1 Å². The number of fused-ring (bicyclic) bond motifs is 1. The third kappa shape index (κ3) is 2.78. The van der Waals surface area contributed by atoms with Crippen LogP contribution in [0.25, 0.3) is 17.0 Å². The summed E-state index contributed by atoms with van der Waals surface area (Å²) in [5, 5.41) is 13.4. The summed E-state index contributed by atoms with van der Waals surface area (Å²) in [5.74, 6) is 0.959. The summed E-state index contributed by atoms with van der Waals surface area (Å²) in [6, 6.07) is 9.63. The number of carbonyl (C=O) groups is 1. The van der Waals surface area contributed by atoms with E-state index in [1.807, 2.05) is 30.3 Å². The molecule has 1 aliphatic rings. The first-order valence-electron chi connectivity index (χ1n) is 7.09. The molecular formula is C16H13N3O2S. The van der Waals surface area contributed by atoms with E-state index in [0.717, 1.165) is 16.0 Å². The van der Waals surface area contributed by atoms with Crippen molar-refractivity contribution in [3.05, 3.63) is 47.2 Å². The summed E-state index contributed by atoms with van der Waals surface area (Å²) in [7, 11) is 0. The van der Waals surface area contributed by atoms with E-state index in [2.05, 4.69) is 15.5 Å². The Labute approximate surface area is 130 Å². The number of para-hydroxylation sites is 1. The third-order valence-electron chi connectivity index (χ3n) is 3.44. The summed E-state index contributed by atoms with van der Waals surface area (Å²) >= 11 is 1.45. The second kappa shape index (κ2) is 5.38. The van der Waals surface area contributed by atoms with Gasteiger partial charge in [0.25, 0.3) is 0 Å². The molecule has 0 saturated heterocycles. The second-order valence-electron chi connectivity index (χ2n) is 5.23. The summed E-state index contributed by atoms with van der Waals surface area (Å²) in [6.07, 6.45) is 5.44. The molecule has 1 saturated carbocycles. The van der Waals surface area contributed by atoms with Gasteiger partial charge in [0.2, 0.25) is 11.0 Å². The molecule has 0 bridgehead atoms. The maximum atomic E-state index is 11.9. The van der Waals surface area contributed by atoms with E-state index in [9.17, 15) is 4.79 Å². The number of furan rings is 1. The van der Waals surface area contributed by atoms with Crippen molar-refractivity contribution >= 4 is 39.4 Å².